The third kappa shape index (κ3) is 1.22. The molecule has 2 rings (SSSR count). The Kier molecular flexibility index (Phi) is 1.64. The highest BCUT2D eigenvalue weighted by molar-refractivity contribution is 5.57. The number of rotatable bonds is 0. The van der Waals surface area contributed by atoms with Crippen molar-refractivity contribution in [3.8, 4) is 0 Å². The maximum absolute atomic E-state index is 5.62. The summed E-state index contributed by atoms with van der Waals surface area (Å²) in [5.41, 5.74) is 8.60. The second kappa shape index (κ2) is 2.66. The minimum absolute atomic E-state index is 0.543. The molecule has 0 spiro atoms. The van der Waals surface area contributed by atoms with E-state index >= 15 is 0 Å². The molecule has 1 aromatic rings. The summed E-state index contributed by atoms with van der Waals surface area (Å²) in [6, 6.07) is 2.50. The van der Waals surface area contributed by atoms with Gasteiger partial charge in [0.25, 0.3) is 0 Å². The van der Waals surface area contributed by atoms with E-state index < -0.39 is 0 Å². The Morgan fingerprint density at radius 3 is 3.33 bits per heavy atom. The lowest BCUT2D eigenvalue weighted by molar-refractivity contribution is 0.668. The molecule has 64 valence electrons. The molecule has 0 bridgehead atoms. The maximum atomic E-state index is 5.62. The predicted molar refractivity (Wildman–Crippen MR) is 50.1 cm³/mol. The average Bonchev–Trinajstić information content (AvgIpc) is 2.03. The van der Waals surface area contributed by atoms with Crippen molar-refractivity contribution >= 4 is 11.4 Å². The first kappa shape index (κ1) is 7.40. The average molecular weight is 163 g/mol. The molecule has 0 aromatic carbocycles. The number of hydrogen-bond acceptors (Lipinski definition) is 3. The fourth-order valence-electron chi connectivity index (χ4n) is 1.52. The van der Waals surface area contributed by atoms with Crippen LogP contribution >= 0.6 is 0 Å². The summed E-state index contributed by atoms with van der Waals surface area (Å²) in [4.78, 5) is 4.27. The van der Waals surface area contributed by atoms with Crippen LogP contribution in [-0.2, 0) is 6.42 Å². The number of nitrogen functional groups attached to an aromatic ring is 1. The van der Waals surface area contributed by atoms with Crippen LogP contribution in [0.1, 0.15) is 19.0 Å². The normalized spacial score (nSPS) is 21.2. The van der Waals surface area contributed by atoms with E-state index in [1.54, 1.807) is 6.20 Å². The van der Waals surface area contributed by atoms with Crippen molar-refractivity contribution in [2.45, 2.75) is 25.8 Å². The summed E-state index contributed by atoms with van der Waals surface area (Å²) in [7, 11) is 0. The van der Waals surface area contributed by atoms with Crippen LogP contribution in [0.2, 0.25) is 0 Å². The second-order valence-corrected chi connectivity index (χ2v) is 3.35. The quantitative estimate of drug-likeness (QED) is 0.608. The van der Waals surface area contributed by atoms with Gasteiger partial charge in [-0.25, -0.2) is 0 Å². The van der Waals surface area contributed by atoms with Gasteiger partial charge in [-0.3, -0.25) is 4.98 Å². The molecule has 1 unspecified atom stereocenters. The number of aromatic nitrogens is 1. The Bertz CT molecular complexity index is 296. The zero-order valence-corrected chi connectivity index (χ0v) is 7.17. The third-order valence-corrected chi connectivity index (χ3v) is 2.21. The first-order valence-corrected chi connectivity index (χ1v) is 4.26. The first-order chi connectivity index (χ1) is 5.75. The number of aryl methyl sites for hydroxylation is 1. The van der Waals surface area contributed by atoms with Gasteiger partial charge in [-0.1, -0.05) is 0 Å². The molecule has 3 heteroatoms. The Labute approximate surface area is 72.0 Å². The van der Waals surface area contributed by atoms with Gasteiger partial charge in [0, 0.05) is 6.04 Å². The molecule has 1 atom stereocenters. The van der Waals surface area contributed by atoms with Crippen LogP contribution in [0.25, 0.3) is 0 Å². The van der Waals surface area contributed by atoms with Crippen molar-refractivity contribution < 1.29 is 0 Å². The molecule has 3 N–H and O–H groups in total. The van der Waals surface area contributed by atoms with E-state index in [4.69, 9.17) is 5.73 Å². The minimum atomic E-state index is 0.543. The summed E-state index contributed by atoms with van der Waals surface area (Å²) in [6.45, 7) is 2.17. The number of hydrogen-bond donors (Lipinski definition) is 2. The van der Waals surface area contributed by atoms with Crippen molar-refractivity contribution in [2.24, 2.45) is 0 Å². The van der Waals surface area contributed by atoms with Gasteiger partial charge in [0.2, 0.25) is 0 Å². The minimum Gasteiger partial charge on any atom is -0.397 e. The molecule has 0 fully saturated rings. The summed E-state index contributed by atoms with van der Waals surface area (Å²) >= 11 is 0. The van der Waals surface area contributed by atoms with Crippen LogP contribution < -0.4 is 11.1 Å². The van der Waals surface area contributed by atoms with Crippen molar-refractivity contribution in [1.82, 2.24) is 4.98 Å². The molecule has 2 heterocycles. The highest BCUT2D eigenvalue weighted by atomic mass is 15.0. The molecular formula is C9H13N3. The number of nitrogens with zero attached hydrogens (tertiary/aromatic N) is 1. The van der Waals surface area contributed by atoms with Crippen molar-refractivity contribution in [3.05, 3.63) is 18.0 Å². The highest BCUT2D eigenvalue weighted by Gasteiger charge is 2.14. The van der Waals surface area contributed by atoms with Gasteiger partial charge in [0.1, 0.15) is 0 Å². The van der Waals surface area contributed by atoms with Crippen LogP contribution in [-0.4, -0.2) is 11.0 Å². The molecule has 0 amide bonds. The number of pyridine rings is 1. The van der Waals surface area contributed by atoms with E-state index in [-0.39, 0.29) is 0 Å². The Morgan fingerprint density at radius 2 is 2.50 bits per heavy atom. The number of nitrogens with two attached hydrogens (primary N) is 1. The molecule has 0 radical (unpaired) electrons. The van der Waals surface area contributed by atoms with Gasteiger partial charge < -0.3 is 11.1 Å². The Morgan fingerprint density at radius 1 is 1.67 bits per heavy atom. The summed E-state index contributed by atoms with van der Waals surface area (Å²) in [6.07, 6.45) is 3.93. The molecule has 1 aromatic heterocycles. The SMILES string of the molecule is CC1CCc2ncc(N)cc2N1. The first-order valence-electron chi connectivity index (χ1n) is 4.26. The van der Waals surface area contributed by atoms with Gasteiger partial charge in [0.15, 0.2) is 0 Å². The van der Waals surface area contributed by atoms with Crippen LogP contribution in [0.5, 0.6) is 0 Å². The summed E-state index contributed by atoms with van der Waals surface area (Å²) in [5, 5.41) is 3.36. The van der Waals surface area contributed by atoms with E-state index in [1.807, 2.05) is 6.07 Å². The Balaban J connectivity index is 2.37. The number of fused-ring (bicyclic) bond motifs is 1. The molecule has 12 heavy (non-hydrogen) atoms. The van der Waals surface area contributed by atoms with E-state index in [9.17, 15) is 0 Å². The molecule has 1 aliphatic rings. The lowest BCUT2D eigenvalue weighted by Gasteiger charge is -2.23. The second-order valence-electron chi connectivity index (χ2n) is 3.35. The monoisotopic (exact) mass is 163 g/mol. The van der Waals surface area contributed by atoms with Gasteiger partial charge in [0.05, 0.1) is 23.3 Å². The van der Waals surface area contributed by atoms with Gasteiger partial charge in [-0.15, -0.1) is 0 Å². The van der Waals surface area contributed by atoms with Crippen molar-refractivity contribution in [1.29, 1.82) is 0 Å². The smallest absolute Gasteiger partial charge is 0.0637 e. The molecular weight excluding hydrogens is 150 g/mol. The molecule has 0 saturated heterocycles. The fraction of sp³-hybridized carbons (Fsp3) is 0.444. The van der Waals surface area contributed by atoms with Gasteiger partial charge in [-0.05, 0) is 25.8 Å². The molecule has 0 aliphatic carbocycles. The van der Waals surface area contributed by atoms with Crippen molar-refractivity contribution in [2.75, 3.05) is 11.1 Å². The predicted octanol–water partition coefficient (Wildman–Crippen LogP) is 1.41. The zero-order valence-electron chi connectivity index (χ0n) is 7.17. The van der Waals surface area contributed by atoms with E-state index in [0.717, 1.165) is 29.9 Å². The summed E-state index contributed by atoms with van der Waals surface area (Å²) in [5.74, 6) is 0. The van der Waals surface area contributed by atoms with E-state index in [2.05, 4.69) is 17.2 Å². The molecule has 3 nitrogen and oxygen atoms in total. The van der Waals surface area contributed by atoms with Crippen LogP contribution in [0.4, 0.5) is 11.4 Å². The van der Waals surface area contributed by atoms with Crippen LogP contribution in [0.3, 0.4) is 0 Å². The van der Waals surface area contributed by atoms with Crippen molar-refractivity contribution in [3.63, 3.8) is 0 Å². The Hall–Kier alpha value is -1.25. The van der Waals surface area contributed by atoms with Crippen LogP contribution in [0.15, 0.2) is 12.3 Å². The van der Waals surface area contributed by atoms with Gasteiger partial charge >= 0.3 is 0 Å². The fourth-order valence-corrected chi connectivity index (χ4v) is 1.52. The van der Waals surface area contributed by atoms with E-state index in [0.29, 0.717) is 6.04 Å². The maximum Gasteiger partial charge on any atom is 0.0637 e. The lowest BCUT2D eigenvalue weighted by Crippen LogP contribution is -2.22. The van der Waals surface area contributed by atoms with Gasteiger partial charge in [-0.2, -0.15) is 0 Å². The molecule has 1 aliphatic heterocycles. The third-order valence-electron chi connectivity index (χ3n) is 2.21. The lowest BCUT2D eigenvalue weighted by atomic mass is 10.0. The zero-order chi connectivity index (χ0) is 8.55. The largest absolute Gasteiger partial charge is 0.397 e. The number of nitrogens with one attached hydrogen (secondary N) is 1. The highest BCUT2D eigenvalue weighted by Crippen LogP contribution is 2.24. The summed E-state index contributed by atoms with van der Waals surface area (Å²) < 4.78 is 0. The van der Waals surface area contributed by atoms with E-state index in [1.165, 1.54) is 0 Å². The standard InChI is InChI=1S/C9H13N3/c1-6-2-3-8-9(12-6)4-7(10)5-11-8/h4-6,12H,2-3,10H2,1H3. The van der Waals surface area contributed by atoms with Crippen LogP contribution in [0, 0.1) is 0 Å². The molecule has 0 saturated carbocycles. The topological polar surface area (TPSA) is 50.9 Å². The number of anilines is 2.